The van der Waals surface area contributed by atoms with Gasteiger partial charge in [-0.3, -0.25) is 9.48 Å². The van der Waals surface area contributed by atoms with Crippen molar-refractivity contribution in [3.8, 4) is 11.3 Å². The highest BCUT2D eigenvalue weighted by Gasteiger charge is 2.22. The molecule has 0 saturated carbocycles. The first-order valence-corrected chi connectivity index (χ1v) is 11.7. The summed E-state index contributed by atoms with van der Waals surface area (Å²) in [6.07, 6.45) is 1.42. The lowest BCUT2D eigenvalue weighted by Crippen LogP contribution is -2.37. The largest absolute Gasteiger partial charge is 0.394 e. The van der Waals surface area contributed by atoms with Gasteiger partial charge in [-0.2, -0.15) is 5.10 Å². The quantitative estimate of drug-likeness (QED) is 0.551. The molecule has 8 nitrogen and oxygen atoms in total. The van der Waals surface area contributed by atoms with Gasteiger partial charge in [0, 0.05) is 24.3 Å². The molecule has 0 spiro atoms. The van der Waals surface area contributed by atoms with E-state index < -0.39 is 22.7 Å². The number of nitrogens with one attached hydrogen (secondary N) is 1. The van der Waals surface area contributed by atoms with Gasteiger partial charge < -0.3 is 15.2 Å². The Morgan fingerprint density at radius 3 is 2.64 bits per heavy atom. The summed E-state index contributed by atoms with van der Waals surface area (Å²) < 4.78 is 35.2. The molecule has 0 radical (unpaired) electrons. The average Bonchev–Trinajstić information content (AvgIpc) is 3.25. The number of benzene rings is 2. The van der Waals surface area contributed by atoms with Gasteiger partial charge in [0.05, 0.1) is 48.7 Å². The zero-order valence-corrected chi connectivity index (χ0v) is 19.0. The predicted octanol–water partition coefficient (Wildman–Crippen LogP) is 2.60. The number of ether oxygens (including phenoxy) is 1. The smallest absolute Gasteiger partial charge is 0.259 e. The third-order valence-electron chi connectivity index (χ3n) is 5.35. The molecule has 1 atom stereocenters. The Kier molecular flexibility index (Phi) is 7.29. The summed E-state index contributed by atoms with van der Waals surface area (Å²) in [6.45, 7) is 4.13. The Bertz CT molecular complexity index is 1160. The van der Waals surface area contributed by atoms with Gasteiger partial charge >= 0.3 is 0 Å². The van der Waals surface area contributed by atoms with Gasteiger partial charge in [-0.1, -0.05) is 6.07 Å². The molecule has 0 aliphatic carbocycles. The molecule has 2 heterocycles. The second-order valence-corrected chi connectivity index (χ2v) is 9.04. The number of carbonyl (C=O) groups is 1. The van der Waals surface area contributed by atoms with Gasteiger partial charge in [-0.05, 0) is 48.9 Å². The number of nitrogens with zero attached hydrogens (tertiary/aromatic N) is 3. The van der Waals surface area contributed by atoms with E-state index in [-0.39, 0.29) is 18.7 Å². The Hall–Kier alpha value is -2.92. The van der Waals surface area contributed by atoms with Crippen molar-refractivity contribution in [2.75, 3.05) is 38.2 Å². The van der Waals surface area contributed by atoms with Crippen molar-refractivity contribution in [3.63, 3.8) is 0 Å². The lowest BCUT2D eigenvalue weighted by molar-refractivity contribution is 0.0752. The van der Waals surface area contributed by atoms with Crippen LogP contribution in [0.1, 0.15) is 15.9 Å². The van der Waals surface area contributed by atoms with Crippen molar-refractivity contribution < 1.29 is 23.2 Å². The van der Waals surface area contributed by atoms with Crippen LogP contribution in [0.4, 0.5) is 10.1 Å². The second kappa shape index (κ2) is 10.3. The zero-order valence-electron chi connectivity index (χ0n) is 18.2. The summed E-state index contributed by atoms with van der Waals surface area (Å²) in [7, 11) is -1.36. The first-order chi connectivity index (χ1) is 16.0. The lowest BCUT2D eigenvalue weighted by atomic mass is 10.1. The van der Waals surface area contributed by atoms with Gasteiger partial charge in [-0.25, -0.2) is 12.9 Å². The zero-order chi connectivity index (χ0) is 23.4. The van der Waals surface area contributed by atoms with Gasteiger partial charge in [0.15, 0.2) is 0 Å². The number of aryl methyl sites for hydroxylation is 1. The lowest BCUT2D eigenvalue weighted by Gasteiger charge is -2.26. The van der Waals surface area contributed by atoms with Crippen molar-refractivity contribution in [2.45, 2.75) is 18.4 Å². The van der Waals surface area contributed by atoms with Crippen LogP contribution in [0.2, 0.25) is 0 Å². The summed E-state index contributed by atoms with van der Waals surface area (Å²) in [5.74, 6) is -0.802. The maximum absolute atomic E-state index is 13.4. The SMILES string of the molecule is Cc1ccc(NC(=O)c2cnn(CCO)c2-c2ccc(F)cc2)cc1S(=O)N1CCOCC1. The van der Waals surface area contributed by atoms with E-state index in [1.54, 1.807) is 24.3 Å². The number of aromatic nitrogens is 2. The normalized spacial score (nSPS) is 15.4. The molecule has 33 heavy (non-hydrogen) atoms. The molecule has 10 heteroatoms. The molecule has 1 aromatic heterocycles. The molecule has 2 N–H and O–H groups in total. The first-order valence-electron chi connectivity index (χ1n) is 10.6. The highest BCUT2D eigenvalue weighted by molar-refractivity contribution is 7.82. The first kappa shape index (κ1) is 23.2. The molecule has 1 saturated heterocycles. The number of hydrogen-bond acceptors (Lipinski definition) is 5. The van der Waals surface area contributed by atoms with E-state index in [2.05, 4.69) is 10.4 Å². The van der Waals surface area contributed by atoms with E-state index in [0.717, 1.165) is 5.56 Å². The van der Waals surface area contributed by atoms with Gasteiger partial charge in [0.25, 0.3) is 5.91 Å². The van der Waals surface area contributed by atoms with Crippen LogP contribution >= 0.6 is 0 Å². The summed E-state index contributed by atoms with van der Waals surface area (Å²) in [6, 6.07) is 11.0. The number of halogens is 1. The monoisotopic (exact) mass is 472 g/mol. The number of amides is 1. The number of hydrogen-bond donors (Lipinski definition) is 2. The van der Waals surface area contributed by atoms with Crippen LogP contribution in [0.3, 0.4) is 0 Å². The molecule has 1 amide bonds. The number of morpholine rings is 1. The maximum Gasteiger partial charge on any atom is 0.259 e. The summed E-state index contributed by atoms with van der Waals surface area (Å²) in [4.78, 5) is 13.8. The van der Waals surface area contributed by atoms with Crippen molar-refractivity contribution in [1.82, 2.24) is 14.1 Å². The minimum atomic E-state index is -1.36. The Balaban J connectivity index is 1.61. The number of carbonyl (C=O) groups excluding carboxylic acids is 1. The molecule has 2 aromatic carbocycles. The maximum atomic E-state index is 13.4. The molecule has 4 rings (SSSR count). The van der Waals surface area contributed by atoms with E-state index in [9.17, 15) is 18.5 Å². The molecular weight excluding hydrogens is 447 g/mol. The third kappa shape index (κ3) is 5.19. The van der Waals surface area contributed by atoms with Crippen molar-refractivity contribution in [3.05, 3.63) is 65.6 Å². The predicted molar refractivity (Wildman–Crippen MR) is 123 cm³/mol. The Morgan fingerprint density at radius 1 is 1.21 bits per heavy atom. The van der Waals surface area contributed by atoms with Crippen LogP contribution < -0.4 is 5.32 Å². The topological polar surface area (TPSA) is 96.7 Å². The molecule has 174 valence electrons. The highest BCUT2D eigenvalue weighted by atomic mass is 32.2. The van der Waals surface area contributed by atoms with E-state index in [4.69, 9.17) is 4.74 Å². The third-order valence-corrected chi connectivity index (χ3v) is 7.00. The van der Waals surface area contributed by atoms with Crippen LogP contribution in [-0.4, -0.2) is 62.2 Å². The fourth-order valence-electron chi connectivity index (χ4n) is 3.64. The molecular formula is C23H25FN4O4S. The fraction of sp³-hybridized carbons (Fsp3) is 0.304. The molecule has 1 fully saturated rings. The Morgan fingerprint density at radius 2 is 1.94 bits per heavy atom. The fourth-order valence-corrected chi connectivity index (χ4v) is 4.97. The van der Waals surface area contributed by atoms with Crippen LogP contribution in [0, 0.1) is 12.7 Å². The molecule has 3 aromatic rings. The molecule has 0 bridgehead atoms. The van der Waals surface area contributed by atoms with E-state index >= 15 is 0 Å². The minimum Gasteiger partial charge on any atom is -0.394 e. The number of aliphatic hydroxyl groups excluding tert-OH is 1. The van der Waals surface area contributed by atoms with Crippen LogP contribution in [-0.2, 0) is 22.3 Å². The van der Waals surface area contributed by atoms with Gasteiger partial charge in [0.2, 0.25) is 0 Å². The average molecular weight is 473 g/mol. The van der Waals surface area contributed by atoms with Gasteiger partial charge in [0.1, 0.15) is 16.8 Å². The van der Waals surface area contributed by atoms with E-state index in [1.807, 2.05) is 17.3 Å². The van der Waals surface area contributed by atoms with Crippen LogP contribution in [0.25, 0.3) is 11.3 Å². The molecule has 1 aliphatic heterocycles. The van der Waals surface area contributed by atoms with E-state index in [1.165, 1.54) is 23.0 Å². The van der Waals surface area contributed by atoms with Gasteiger partial charge in [-0.15, -0.1) is 0 Å². The van der Waals surface area contributed by atoms with Crippen molar-refractivity contribution in [2.24, 2.45) is 0 Å². The summed E-state index contributed by atoms with van der Waals surface area (Å²) >= 11 is 0. The summed E-state index contributed by atoms with van der Waals surface area (Å²) in [5, 5.41) is 16.4. The highest BCUT2D eigenvalue weighted by Crippen LogP contribution is 2.26. The second-order valence-electron chi connectivity index (χ2n) is 7.59. The van der Waals surface area contributed by atoms with Crippen LogP contribution in [0.15, 0.2) is 53.6 Å². The summed E-state index contributed by atoms with van der Waals surface area (Å²) in [5.41, 5.74) is 2.73. The number of rotatable bonds is 7. The van der Waals surface area contributed by atoms with Crippen molar-refractivity contribution in [1.29, 1.82) is 0 Å². The van der Waals surface area contributed by atoms with E-state index in [0.29, 0.717) is 48.1 Å². The Labute approximate surface area is 193 Å². The molecule has 1 unspecified atom stereocenters. The minimum absolute atomic E-state index is 0.161. The number of aliphatic hydroxyl groups is 1. The van der Waals surface area contributed by atoms with Crippen LogP contribution in [0.5, 0.6) is 0 Å². The standard InChI is InChI=1S/C23H25FN4O4S/c1-16-2-7-19(14-21(16)33(31)27-9-12-32-13-10-27)26-23(30)20-15-25-28(8-11-29)22(20)17-3-5-18(24)6-4-17/h2-7,14-15,29H,8-13H2,1H3,(H,26,30). The number of anilines is 1. The van der Waals surface area contributed by atoms with Crippen molar-refractivity contribution >= 4 is 22.6 Å². The molecule has 1 aliphatic rings.